The quantitative estimate of drug-likeness (QED) is 0.775. The van der Waals surface area contributed by atoms with Crippen LogP contribution in [0.2, 0.25) is 0 Å². The number of aryl methyl sites for hydroxylation is 1. The van der Waals surface area contributed by atoms with E-state index in [4.69, 9.17) is 0 Å². The van der Waals surface area contributed by atoms with Crippen LogP contribution in [0.4, 0.5) is 5.82 Å². The molecule has 0 fully saturated rings. The monoisotopic (exact) mass is 321 g/mol. The zero-order valence-corrected chi connectivity index (χ0v) is 14.2. The minimum Gasteiger partial charge on any atom is -0.369 e. The van der Waals surface area contributed by atoms with E-state index in [9.17, 15) is 4.79 Å². The van der Waals surface area contributed by atoms with Gasteiger partial charge in [0.15, 0.2) is 0 Å². The molecule has 0 aliphatic rings. The minimum absolute atomic E-state index is 0.0548. The van der Waals surface area contributed by atoms with Crippen LogP contribution in [0, 0.1) is 0 Å². The van der Waals surface area contributed by atoms with Gasteiger partial charge >= 0.3 is 0 Å². The van der Waals surface area contributed by atoms with Gasteiger partial charge in [-0.05, 0) is 26.6 Å². The molecule has 2 N–H and O–H groups in total. The predicted octanol–water partition coefficient (Wildman–Crippen LogP) is 1.73. The van der Waals surface area contributed by atoms with Crippen LogP contribution in [0.15, 0.2) is 12.4 Å². The van der Waals surface area contributed by atoms with Crippen molar-refractivity contribution in [2.45, 2.75) is 19.8 Å². The first kappa shape index (κ1) is 16.6. The SMILES string of the molecule is CCc1cc2c(NCCC(=O)NCCN(C)C)ncnc2s1. The van der Waals surface area contributed by atoms with Crippen LogP contribution >= 0.6 is 11.3 Å². The van der Waals surface area contributed by atoms with Crippen LogP contribution in [0.3, 0.4) is 0 Å². The number of amides is 1. The molecule has 0 saturated heterocycles. The van der Waals surface area contributed by atoms with E-state index in [0.29, 0.717) is 19.5 Å². The summed E-state index contributed by atoms with van der Waals surface area (Å²) in [4.78, 5) is 24.6. The molecule has 22 heavy (non-hydrogen) atoms. The second kappa shape index (κ2) is 8.05. The Morgan fingerprint density at radius 3 is 2.86 bits per heavy atom. The molecule has 0 aliphatic carbocycles. The van der Waals surface area contributed by atoms with E-state index >= 15 is 0 Å². The molecule has 120 valence electrons. The van der Waals surface area contributed by atoms with E-state index in [0.717, 1.165) is 29.0 Å². The molecule has 0 aliphatic heterocycles. The highest BCUT2D eigenvalue weighted by molar-refractivity contribution is 7.18. The number of rotatable bonds is 8. The van der Waals surface area contributed by atoms with Crippen molar-refractivity contribution in [1.82, 2.24) is 20.2 Å². The molecule has 2 aromatic heterocycles. The third kappa shape index (κ3) is 4.64. The fraction of sp³-hybridized carbons (Fsp3) is 0.533. The van der Waals surface area contributed by atoms with Gasteiger partial charge in [0.1, 0.15) is 17.0 Å². The number of thiophene rings is 1. The highest BCUT2D eigenvalue weighted by Crippen LogP contribution is 2.28. The number of carbonyl (C=O) groups is 1. The molecule has 1 amide bonds. The van der Waals surface area contributed by atoms with Crippen molar-refractivity contribution in [2.75, 3.05) is 39.0 Å². The number of hydrogen-bond acceptors (Lipinski definition) is 6. The van der Waals surface area contributed by atoms with Gasteiger partial charge in [-0.3, -0.25) is 4.79 Å². The predicted molar refractivity (Wildman–Crippen MR) is 91.5 cm³/mol. The molecule has 0 spiro atoms. The molecule has 0 aromatic carbocycles. The van der Waals surface area contributed by atoms with E-state index in [1.165, 1.54) is 4.88 Å². The fourth-order valence-corrected chi connectivity index (χ4v) is 2.96. The number of anilines is 1. The molecule has 0 saturated carbocycles. The fourth-order valence-electron chi connectivity index (χ4n) is 2.02. The number of nitrogens with zero attached hydrogens (tertiary/aromatic N) is 3. The van der Waals surface area contributed by atoms with Gasteiger partial charge in [0, 0.05) is 30.9 Å². The number of hydrogen-bond donors (Lipinski definition) is 2. The van der Waals surface area contributed by atoms with Crippen LogP contribution in [-0.4, -0.2) is 54.5 Å². The Kier molecular flexibility index (Phi) is 6.09. The van der Waals surface area contributed by atoms with Crippen molar-refractivity contribution < 1.29 is 4.79 Å². The number of aromatic nitrogens is 2. The van der Waals surface area contributed by atoms with E-state index in [1.807, 2.05) is 19.0 Å². The Hall–Kier alpha value is -1.73. The largest absolute Gasteiger partial charge is 0.369 e. The lowest BCUT2D eigenvalue weighted by atomic mass is 10.3. The van der Waals surface area contributed by atoms with Gasteiger partial charge in [-0.25, -0.2) is 9.97 Å². The normalized spacial score (nSPS) is 11.1. The molecule has 0 unspecified atom stereocenters. The molecule has 0 radical (unpaired) electrons. The van der Waals surface area contributed by atoms with Crippen molar-refractivity contribution in [3.05, 3.63) is 17.3 Å². The molecule has 0 atom stereocenters. The van der Waals surface area contributed by atoms with Crippen LogP contribution < -0.4 is 10.6 Å². The molecular weight excluding hydrogens is 298 g/mol. The number of nitrogens with one attached hydrogen (secondary N) is 2. The summed E-state index contributed by atoms with van der Waals surface area (Å²) in [5, 5.41) is 7.18. The second-order valence-corrected chi connectivity index (χ2v) is 6.45. The van der Waals surface area contributed by atoms with Gasteiger partial charge in [0.2, 0.25) is 5.91 Å². The first-order valence-corrected chi connectivity index (χ1v) is 8.30. The van der Waals surface area contributed by atoms with Crippen molar-refractivity contribution in [1.29, 1.82) is 0 Å². The van der Waals surface area contributed by atoms with Crippen molar-refractivity contribution in [3.8, 4) is 0 Å². The first-order valence-electron chi connectivity index (χ1n) is 7.49. The highest BCUT2D eigenvalue weighted by atomic mass is 32.1. The maximum Gasteiger partial charge on any atom is 0.221 e. The summed E-state index contributed by atoms with van der Waals surface area (Å²) in [6.45, 7) is 4.22. The number of carbonyl (C=O) groups excluding carboxylic acids is 1. The Labute approximate surface area is 134 Å². The van der Waals surface area contributed by atoms with Crippen molar-refractivity contribution in [2.24, 2.45) is 0 Å². The number of fused-ring (bicyclic) bond motifs is 1. The topological polar surface area (TPSA) is 70.2 Å². The molecule has 2 rings (SSSR count). The van der Waals surface area contributed by atoms with Gasteiger partial charge in [-0.2, -0.15) is 0 Å². The van der Waals surface area contributed by atoms with Gasteiger partial charge in [0.05, 0.1) is 5.39 Å². The second-order valence-electron chi connectivity index (χ2n) is 5.34. The molecule has 7 heteroatoms. The van der Waals surface area contributed by atoms with Crippen molar-refractivity contribution >= 4 is 33.3 Å². The summed E-state index contributed by atoms with van der Waals surface area (Å²) in [5.41, 5.74) is 0. The zero-order chi connectivity index (χ0) is 15.9. The van der Waals surface area contributed by atoms with E-state index in [-0.39, 0.29) is 5.91 Å². The summed E-state index contributed by atoms with van der Waals surface area (Å²) in [6.07, 6.45) is 3.00. The average Bonchev–Trinajstić information content (AvgIpc) is 2.91. The lowest BCUT2D eigenvalue weighted by Crippen LogP contribution is -2.32. The molecule has 2 aromatic rings. The Morgan fingerprint density at radius 1 is 1.32 bits per heavy atom. The third-order valence-electron chi connectivity index (χ3n) is 3.25. The van der Waals surface area contributed by atoms with Crippen LogP contribution in [0.1, 0.15) is 18.2 Å². The first-order chi connectivity index (χ1) is 10.6. The maximum atomic E-state index is 11.7. The maximum absolute atomic E-state index is 11.7. The van der Waals surface area contributed by atoms with E-state index in [1.54, 1.807) is 17.7 Å². The van der Waals surface area contributed by atoms with E-state index < -0.39 is 0 Å². The van der Waals surface area contributed by atoms with Gasteiger partial charge in [0.25, 0.3) is 0 Å². The van der Waals surface area contributed by atoms with Crippen LogP contribution in [-0.2, 0) is 11.2 Å². The third-order valence-corrected chi connectivity index (χ3v) is 4.44. The standard InChI is InChI=1S/C15H23N5OS/c1-4-11-9-12-14(18-10-19-15(12)22-11)17-6-5-13(21)16-7-8-20(2)3/h9-10H,4-8H2,1-3H3,(H,16,21)(H,17,18,19). The minimum atomic E-state index is 0.0548. The summed E-state index contributed by atoms with van der Waals surface area (Å²) >= 11 is 1.69. The average molecular weight is 321 g/mol. The molecule has 0 bridgehead atoms. The van der Waals surface area contributed by atoms with E-state index in [2.05, 4.69) is 33.6 Å². The van der Waals surface area contributed by atoms with Gasteiger partial charge < -0.3 is 15.5 Å². The zero-order valence-electron chi connectivity index (χ0n) is 13.3. The smallest absolute Gasteiger partial charge is 0.221 e. The summed E-state index contributed by atoms with van der Waals surface area (Å²) in [7, 11) is 3.97. The van der Waals surface area contributed by atoms with Gasteiger partial charge in [-0.1, -0.05) is 6.92 Å². The summed E-state index contributed by atoms with van der Waals surface area (Å²) in [5.74, 6) is 0.862. The van der Waals surface area contributed by atoms with Crippen LogP contribution in [0.5, 0.6) is 0 Å². The lowest BCUT2D eigenvalue weighted by Gasteiger charge is -2.10. The lowest BCUT2D eigenvalue weighted by molar-refractivity contribution is -0.120. The Morgan fingerprint density at radius 2 is 2.14 bits per heavy atom. The Bertz CT molecular complexity index is 625. The summed E-state index contributed by atoms with van der Waals surface area (Å²) in [6, 6.07) is 2.12. The molecule has 6 nitrogen and oxygen atoms in total. The van der Waals surface area contributed by atoms with Crippen LogP contribution in [0.25, 0.3) is 10.2 Å². The highest BCUT2D eigenvalue weighted by Gasteiger charge is 2.08. The molecule has 2 heterocycles. The summed E-state index contributed by atoms with van der Waals surface area (Å²) < 4.78 is 0. The van der Waals surface area contributed by atoms with Crippen molar-refractivity contribution in [3.63, 3.8) is 0 Å². The molecular formula is C15H23N5OS. The Balaban J connectivity index is 1.84. The number of likely N-dealkylation sites (N-methyl/N-ethyl adjacent to an activating group) is 1. The van der Waals surface area contributed by atoms with Gasteiger partial charge in [-0.15, -0.1) is 11.3 Å².